The first-order chi connectivity index (χ1) is 6.54. The Hall–Kier alpha value is 0.258. The summed E-state index contributed by atoms with van der Waals surface area (Å²) in [7, 11) is 0. The zero-order valence-corrected chi connectivity index (χ0v) is 13.6. The molecule has 14 heavy (non-hydrogen) atoms. The predicted octanol–water partition coefficient (Wildman–Crippen LogP) is 4.74. The van der Waals surface area contributed by atoms with Gasteiger partial charge in [-0.2, -0.15) is 0 Å². The summed E-state index contributed by atoms with van der Waals surface area (Å²) in [5, 5.41) is 0. The molecule has 0 aromatic carbocycles. The minimum atomic E-state index is -3.02. The van der Waals surface area contributed by atoms with Gasteiger partial charge in [-0.25, -0.2) is 0 Å². The normalized spacial score (nSPS) is 17.4. The van der Waals surface area contributed by atoms with Gasteiger partial charge in [0.1, 0.15) is 0 Å². The third-order valence-corrected chi connectivity index (χ3v) is 18.8. The maximum absolute atomic E-state index is 3.99. The second kappa shape index (κ2) is 5.98. The van der Waals surface area contributed by atoms with Crippen LogP contribution in [0, 0.1) is 0 Å². The zero-order valence-electron chi connectivity index (χ0n) is 9.44. The molecule has 80 valence electrons. The van der Waals surface area contributed by atoms with Crippen molar-refractivity contribution in [2.45, 2.75) is 27.7 Å². The molecule has 0 amide bonds. The van der Waals surface area contributed by atoms with E-state index in [1.165, 1.54) is 0 Å². The SMILES string of the molecule is CC=[CH][Sb]([Br])([CH]=CC)([CH]=CC)[CH]=CC. The molecule has 0 aliphatic rings. The van der Waals surface area contributed by atoms with Crippen LogP contribution in [-0.4, -0.2) is 15.1 Å². The molecule has 0 saturated heterocycles. The molecule has 0 aromatic heterocycles. The summed E-state index contributed by atoms with van der Waals surface area (Å²) in [6.07, 6.45) is 8.54. The van der Waals surface area contributed by atoms with Gasteiger partial charge in [0.25, 0.3) is 0 Å². The average Bonchev–Trinajstić information content (AvgIpc) is 2.05. The standard InChI is InChI=1S/4C3H5.BrH.Sb/c4*1-3-2;;/h4*1,3H,2H3;1H;/q;;;;;+1/p-1. The van der Waals surface area contributed by atoms with Crippen molar-refractivity contribution in [3.8, 4) is 0 Å². The Kier molecular flexibility index (Phi) is 6.09. The van der Waals surface area contributed by atoms with Gasteiger partial charge in [0.05, 0.1) is 0 Å². The quantitative estimate of drug-likeness (QED) is 0.631. The predicted molar refractivity (Wildman–Crippen MR) is 73.9 cm³/mol. The second-order valence-electron chi connectivity index (χ2n) is 3.21. The van der Waals surface area contributed by atoms with Gasteiger partial charge in [0, 0.05) is 0 Å². The van der Waals surface area contributed by atoms with Crippen molar-refractivity contribution in [3.63, 3.8) is 0 Å². The summed E-state index contributed by atoms with van der Waals surface area (Å²) in [5.74, 6) is 0. The Morgan fingerprint density at radius 3 is 1.00 bits per heavy atom. The number of hydrogen-bond donors (Lipinski definition) is 0. The van der Waals surface area contributed by atoms with E-state index in [0.717, 1.165) is 0 Å². The van der Waals surface area contributed by atoms with Crippen LogP contribution in [0.3, 0.4) is 0 Å². The first kappa shape index (κ1) is 14.3. The minimum absolute atomic E-state index is 2.07. The van der Waals surface area contributed by atoms with Crippen molar-refractivity contribution in [2.24, 2.45) is 0 Å². The summed E-state index contributed by atoms with van der Waals surface area (Å²) >= 11 is 0.972. The van der Waals surface area contributed by atoms with Gasteiger partial charge in [-0.05, 0) is 0 Å². The third-order valence-electron chi connectivity index (χ3n) is 1.85. The molecule has 0 spiro atoms. The van der Waals surface area contributed by atoms with Crippen LogP contribution < -0.4 is 0 Å². The fourth-order valence-corrected chi connectivity index (χ4v) is 16.8. The van der Waals surface area contributed by atoms with E-state index in [0.29, 0.717) is 0 Å². The Morgan fingerprint density at radius 2 is 0.857 bits per heavy atom. The second-order valence-corrected chi connectivity index (χ2v) is 24.9. The molecule has 0 atom stereocenters. The van der Waals surface area contributed by atoms with E-state index >= 15 is 0 Å². The summed E-state index contributed by atoms with van der Waals surface area (Å²) in [6, 6.07) is 0. The number of hydrogen-bond acceptors (Lipinski definition) is 0. The fraction of sp³-hybridized carbons (Fsp3) is 0.333. The van der Waals surface area contributed by atoms with Gasteiger partial charge >= 0.3 is 95.8 Å². The number of allylic oxidation sites excluding steroid dienone is 4. The van der Waals surface area contributed by atoms with Crippen LogP contribution in [0.2, 0.25) is 0 Å². The van der Waals surface area contributed by atoms with Crippen LogP contribution in [-0.2, 0) is 0 Å². The summed E-state index contributed by atoms with van der Waals surface area (Å²) in [6.45, 7) is 8.29. The van der Waals surface area contributed by atoms with E-state index in [2.05, 4.69) is 80.7 Å². The van der Waals surface area contributed by atoms with E-state index in [9.17, 15) is 0 Å². The van der Waals surface area contributed by atoms with Crippen molar-refractivity contribution in [2.75, 3.05) is 0 Å². The number of rotatable bonds is 4. The molecule has 0 heterocycles. The molecule has 0 unspecified atom stereocenters. The molecule has 0 aliphatic heterocycles. The molecule has 2 heteroatoms. The van der Waals surface area contributed by atoms with Crippen LogP contribution in [0.1, 0.15) is 27.7 Å². The van der Waals surface area contributed by atoms with Crippen LogP contribution >= 0.6 is 12.6 Å². The molecule has 0 aliphatic carbocycles. The van der Waals surface area contributed by atoms with Crippen LogP contribution in [0.5, 0.6) is 0 Å². The van der Waals surface area contributed by atoms with Crippen molar-refractivity contribution >= 4 is 27.7 Å². The van der Waals surface area contributed by atoms with Gasteiger partial charge in [0.2, 0.25) is 0 Å². The van der Waals surface area contributed by atoms with Crippen molar-refractivity contribution in [3.05, 3.63) is 40.4 Å². The van der Waals surface area contributed by atoms with Crippen molar-refractivity contribution in [1.29, 1.82) is 0 Å². The van der Waals surface area contributed by atoms with Crippen molar-refractivity contribution < 1.29 is 0 Å². The molecular weight excluding hydrogens is 346 g/mol. The van der Waals surface area contributed by atoms with E-state index in [4.69, 9.17) is 0 Å². The monoisotopic (exact) mass is 364 g/mol. The molecule has 0 N–H and O–H groups in total. The Labute approximate surface area is 95.2 Å². The van der Waals surface area contributed by atoms with Gasteiger partial charge in [-0.15, -0.1) is 0 Å². The van der Waals surface area contributed by atoms with Gasteiger partial charge in [-0.1, -0.05) is 0 Å². The summed E-state index contributed by atoms with van der Waals surface area (Å²) in [4.78, 5) is 0. The maximum atomic E-state index is 3.99. The zero-order chi connectivity index (χ0) is 11.1. The molecule has 0 bridgehead atoms. The van der Waals surface area contributed by atoms with Gasteiger partial charge < -0.3 is 0 Å². The molecule has 0 saturated carbocycles. The molecule has 0 fully saturated rings. The summed E-state index contributed by atoms with van der Waals surface area (Å²) < 4.78 is 9.31. The van der Waals surface area contributed by atoms with Crippen LogP contribution in [0.15, 0.2) is 40.4 Å². The Bertz CT molecular complexity index is 225. The molecule has 0 radical (unpaired) electrons. The Balaban J connectivity index is 5.57. The van der Waals surface area contributed by atoms with Gasteiger partial charge in [0.15, 0.2) is 0 Å². The molecule has 0 nitrogen and oxygen atoms in total. The summed E-state index contributed by atoms with van der Waals surface area (Å²) in [5.41, 5.74) is 0. The van der Waals surface area contributed by atoms with E-state index in [1.54, 1.807) is 0 Å². The third kappa shape index (κ3) is 3.79. The van der Waals surface area contributed by atoms with Crippen LogP contribution in [0.25, 0.3) is 0 Å². The first-order valence-electron chi connectivity index (χ1n) is 4.84. The molecular formula is C12H20BrSb. The van der Waals surface area contributed by atoms with Crippen molar-refractivity contribution in [1.82, 2.24) is 0 Å². The first-order valence-corrected chi connectivity index (χ1v) is 16.5. The fourth-order valence-electron chi connectivity index (χ4n) is 1.56. The van der Waals surface area contributed by atoms with E-state index in [-0.39, 0.29) is 0 Å². The van der Waals surface area contributed by atoms with E-state index < -0.39 is 15.1 Å². The topological polar surface area (TPSA) is 0 Å². The van der Waals surface area contributed by atoms with Gasteiger partial charge in [-0.3, -0.25) is 0 Å². The molecule has 0 rings (SSSR count). The van der Waals surface area contributed by atoms with E-state index in [1.807, 2.05) is 0 Å². The Morgan fingerprint density at radius 1 is 0.643 bits per heavy atom. The number of halogens is 1. The average molecular weight is 366 g/mol. The molecule has 0 aromatic rings. The van der Waals surface area contributed by atoms with Crippen LogP contribution in [0.4, 0.5) is 0 Å².